The lowest BCUT2D eigenvalue weighted by atomic mass is 9.97. The van der Waals surface area contributed by atoms with E-state index in [0.29, 0.717) is 36.5 Å². The van der Waals surface area contributed by atoms with Gasteiger partial charge in [0.2, 0.25) is 15.9 Å². The van der Waals surface area contributed by atoms with Gasteiger partial charge in [0.05, 0.1) is 25.7 Å². The standard InChI is InChI=1S/C21H26N2O6S2/c1-4-29-21(25)19-17(13-18(30-19)14-5-7-16(28-2)8-6-14)22-20(24)15-9-11-23(12-10-15)31(3,26)27/h5-8,13,15H,4,9-12H2,1-3H3,(H,22,24). The zero-order valence-electron chi connectivity index (χ0n) is 17.7. The first-order valence-electron chi connectivity index (χ1n) is 9.94. The van der Waals surface area contributed by atoms with E-state index in [1.54, 1.807) is 20.1 Å². The third-order valence-corrected chi connectivity index (χ3v) is 7.59. The molecule has 1 amide bonds. The Hall–Kier alpha value is -2.43. The normalized spacial score (nSPS) is 15.5. The van der Waals surface area contributed by atoms with Crippen LogP contribution in [0.2, 0.25) is 0 Å². The van der Waals surface area contributed by atoms with E-state index in [2.05, 4.69) is 5.32 Å². The number of hydrogen-bond acceptors (Lipinski definition) is 7. The van der Waals surface area contributed by atoms with Gasteiger partial charge in [-0.15, -0.1) is 11.3 Å². The first kappa shape index (κ1) is 23.2. The fourth-order valence-electron chi connectivity index (χ4n) is 3.41. The highest BCUT2D eigenvalue weighted by atomic mass is 32.2. The molecule has 3 rings (SSSR count). The molecule has 0 bridgehead atoms. The Kier molecular flexibility index (Phi) is 7.34. The van der Waals surface area contributed by atoms with E-state index in [1.165, 1.54) is 21.9 Å². The van der Waals surface area contributed by atoms with Gasteiger partial charge < -0.3 is 14.8 Å². The molecule has 1 saturated heterocycles. The molecule has 0 spiro atoms. The number of ether oxygens (including phenoxy) is 2. The Morgan fingerprint density at radius 2 is 1.84 bits per heavy atom. The number of anilines is 1. The van der Waals surface area contributed by atoms with Crippen LogP contribution in [-0.2, 0) is 19.6 Å². The lowest BCUT2D eigenvalue weighted by Gasteiger charge is -2.29. The lowest BCUT2D eigenvalue weighted by molar-refractivity contribution is -0.120. The number of benzene rings is 1. The molecule has 1 aliphatic rings. The fourth-order valence-corrected chi connectivity index (χ4v) is 5.30. The van der Waals surface area contributed by atoms with Crippen LogP contribution in [0.25, 0.3) is 10.4 Å². The van der Waals surface area contributed by atoms with E-state index in [4.69, 9.17) is 9.47 Å². The summed E-state index contributed by atoms with van der Waals surface area (Å²) in [6, 6.07) is 9.18. The van der Waals surface area contributed by atoms with E-state index >= 15 is 0 Å². The summed E-state index contributed by atoms with van der Waals surface area (Å²) < 4.78 is 35.1. The number of esters is 1. The molecule has 0 aliphatic carbocycles. The molecule has 1 aromatic heterocycles. The summed E-state index contributed by atoms with van der Waals surface area (Å²) >= 11 is 1.25. The number of thiophene rings is 1. The van der Waals surface area contributed by atoms with Crippen molar-refractivity contribution in [3.63, 3.8) is 0 Å². The van der Waals surface area contributed by atoms with Crippen LogP contribution in [0.3, 0.4) is 0 Å². The van der Waals surface area contributed by atoms with Gasteiger partial charge in [-0.25, -0.2) is 17.5 Å². The number of rotatable bonds is 7. The average Bonchev–Trinajstić information content (AvgIpc) is 3.17. The van der Waals surface area contributed by atoms with Crippen molar-refractivity contribution in [1.82, 2.24) is 4.31 Å². The van der Waals surface area contributed by atoms with Crippen molar-refractivity contribution in [1.29, 1.82) is 0 Å². The smallest absolute Gasteiger partial charge is 0.350 e. The van der Waals surface area contributed by atoms with Gasteiger partial charge in [0, 0.05) is 23.9 Å². The van der Waals surface area contributed by atoms with Crippen LogP contribution in [0.1, 0.15) is 29.4 Å². The third kappa shape index (κ3) is 5.63. The molecule has 2 heterocycles. The summed E-state index contributed by atoms with van der Waals surface area (Å²) in [5, 5.41) is 2.86. The van der Waals surface area contributed by atoms with Crippen LogP contribution in [0.4, 0.5) is 5.69 Å². The molecule has 1 aliphatic heterocycles. The molecule has 1 N–H and O–H groups in total. The second kappa shape index (κ2) is 9.80. The minimum absolute atomic E-state index is 0.224. The molecule has 1 fully saturated rings. The van der Waals surface area contributed by atoms with Gasteiger partial charge >= 0.3 is 5.97 Å². The van der Waals surface area contributed by atoms with Crippen LogP contribution in [-0.4, -0.2) is 57.7 Å². The van der Waals surface area contributed by atoms with Crippen molar-refractivity contribution >= 4 is 38.9 Å². The van der Waals surface area contributed by atoms with Gasteiger partial charge in [-0.2, -0.15) is 0 Å². The maximum absolute atomic E-state index is 12.8. The Morgan fingerprint density at radius 1 is 1.19 bits per heavy atom. The second-order valence-electron chi connectivity index (χ2n) is 7.23. The van der Waals surface area contributed by atoms with Gasteiger partial charge in [-0.1, -0.05) is 0 Å². The molecular weight excluding hydrogens is 440 g/mol. The minimum Gasteiger partial charge on any atom is -0.497 e. The summed E-state index contributed by atoms with van der Waals surface area (Å²) in [4.78, 5) is 26.4. The number of hydrogen-bond donors (Lipinski definition) is 1. The molecule has 2 aromatic rings. The van der Waals surface area contributed by atoms with E-state index in [1.807, 2.05) is 24.3 Å². The van der Waals surface area contributed by atoms with Crippen molar-refractivity contribution in [3.05, 3.63) is 35.2 Å². The lowest BCUT2D eigenvalue weighted by Crippen LogP contribution is -2.40. The number of amides is 1. The van der Waals surface area contributed by atoms with E-state index in [0.717, 1.165) is 16.2 Å². The highest BCUT2D eigenvalue weighted by Gasteiger charge is 2.30. The zero-order valence-corrected chi connectivity index (χ0v) is 19.3. The SMILES string of the molecule is CCOC(=O)c1sc(-c2ccc(OC)cc2)cc1NC(=O)C1CCN(S(C)(=O)=O)CC1. The molecule has 1 aromatic carbocycles. The zero-order chi connectivity index (χ0) is 22.6. The van der Waals surface area contributed by atoms with E-state index < -0.39 is 16.0 Å². The van der Waals surface area contributed by atoms with Crippen molar-refractivity contribution < 1.29 is 27.5 Å². The second-order valence-corrected chi connectivity index (χ2v) is 10.3. The van der Waals surface area contributed by atoms with Gasteiger partial charge in [0.25, 0.3) is 0 Å². The van der Waals surface area contributed by atoms with Crippen molar-refractivity contribution in [2.75, 3.05) is 38.4 Å². The molecule has 10 heteroatoms. The monoisotopic (exact) mass is 466 g/mol. The van der Waals surface area contributed by atoms with Gasteiger partial charge in [0.1, 0.15) is 10.6 Å². The van der Waals surface area contributed by atoms with Crippen LogP contribution < -0.4 is 10.1 Å². The number of carbonyl (C=O) groups is 2. The minimum atomic E-state index is -3.26. The molecule has 168 valence electrons. The summed E-state index contributed by atoms with van der Waals surface area (Å²) in [6.45, 7) is 2.57. The maximum atomic E-state index is 12.8. The number of nitrogens with one attached hydrogen (secondary N) is 1. The van der Waals surface area contributed by atoms with E-state index in [9.17, 15) is 18.0 Å². The van der Waals surface area contributed by atoms with Gasteiger partial charge in [0.15, 0.2) is 0 Å². The van der Waals surface area contributed by atoms with Gasteiger partial charge in [-0.05, 0) is 55.7 Å². The van der Waals surface area contributed by atoms with Crippen LogP contribution in [0, 0.1) is 5.92 Å². The molecule has 8 nitrogen and oxygen atoms in total. The number of piperidine rings is 1. The Balaban J connectivity index is 1.79. The summed E-state index contributed by atoms with van der Waals surface area (Å²) in [7, 11) is -1.67. The number of methoxy groups -OCH3 is 1. The van der Waals surface area contributed by atoms with E-state index in [-0.39, 0.29) is 18.4 Å². The maximum Gasteiger partial charge on any atom is 0.350 e. The van der Waals surface area contributed by atoms with Crippen LogP contribution in [0.15, 0.2) is 30.3 Å². The fraction of sp³-hybridized carbons (Fsp3) is 0.429. The molecule has 0 unspecified atom stereocenters. The van der Waals surface area contributed by atoms with Crippen molar-refractivity contribution in [2.24, 2.45) is 5.92 Å². The Morgan fingerprint density at radius 3 is 2.39 bits per heavy atom. The number of sulfonamides is 1. The Labute approximate surface area is 186 Å². The number of nitrogens with zero attached hydrogens (tertiary/aromatic N) is 1. The molecule has 0 saturated carbocycles. The quantitative estimate of drug-likeness (QED) is 0.629. The summed E-state index contributed by atoms with van der Waals surface area (Å²) in [5.74, 6) is -0.315. The highest BCUT2D eigenvalue weighted by Crippen LogP contribution is 2.36. The molecule has 0 atom stereocenters. The highest BCUT2D eigenvalue weighted by molar-refractivity contribution is 7.88. The summed E-state index contributed by atoms with van der Waals surface area (Å²) in [6.07, 6.45) is 2.04. The molecule has 31 heavy (non-hydrogen) atoms. The average molecular weight is 467 g/mol. The number of carbonyl (C=O) groups excluding carboxylic acids is 2. The van der Waals surface area contributed by atoms with Crippen LogP contribution in [0.5, 0.6) is 5.75 Å². The topological polar surface area (TPSA) is 102 Å². The van der Waals surface area contributed by atoms with Crippen molar-refractivity contribution in [3.8, 4) is 16.2 Å². The predicted molar refractivity (Wildman–Crippen MR) is 120 cm³/mol. The summed E-state index contributed by atoms with van der Waals surface area (Å²) in [5.41, 5.74) is 1.29. The first-order chi connectivity index (χ1) is 14.7. The van der Waals surface area contributed by atoms with Crippen LogP contribution >= 0.6 is 11.3 Å². The largest absolute Gasteiger partial charge is 0.497 e. The third-order valence-electron chi connectivity index (χ3n) is 5.12. The first-order valence-corrected chi connectivity index (χ1v) is 12.6. The Bertz CT molecular complexity index is 1040. The van der Waals surface area contributed by atoms with Gasteiger partial charge in [-0.3, -0.25) is 4.79 Å². The molecule has 0 radical (unpaired) electrons. The molecular formula is C21H26N2O6S2. The van der Waals surface area contributed by atoms with Crippen molar-refractivity contribution in [2.45, 2.75) is 19.8 Å². The predicted octanol–water partition coefficient (Wildman–Crippen LogP) is 3.21.